The summed E-state index contributed by atoms with van der Waals surface area (Å²) in [6.45, 7) is 0.193. The molecule has 1 amide bonds. The van der Waals surface area contributed by atoms with E-state index >= 15 is 0 Å². The van der Waals surface area contributed by atoms with E-state index in [-0.39, 0.29) is 17.6 Å². The van der Waals surface area contributed by atoms with Crippen molar-refractivity contribution < 1.29 is 22.7 Å². The number of nitrogens with one attached hydrogen (secondary N) is 1. The Morgan fingerprint density at radius 1 is 1.17 bits per heavy atom. The number of nitrogens with zero attached hydrogens (tertiary/aromatic N) is 2. The fourth-order valence-electron chi connectivity index (χ4n) is 2.67. The maximum atomic E-state index is 12.3. The molecule has 1 aromatic heterocycles. The first kappa shape index (κ1) is 19.4. The number of carbonyl (C=O) groups excluding carboxylic acids is 1. The molecule has 150 valence electrons. The van der Waals surface area contributed by atoms with Gasteiger partial charge in [-0.15, -0.1) is 0 Å². The fraction of sp³-hybridized carbons (Fsp3) is 0.158. The highest BCUT2D eigenvalue weighted by atomic mass is 32.2. The molecule has 0 unspecified atom stereocenters. The largest absolute Gasteiger partial charge is 0.454 e. The van der Waals surface area contributed by atoms with E-state index in [1.54, 1.807) is 30.3 Å². The van der Waals surface area contributed by atoms with Crippen LogP contribution in [0.1, 0.15) is 5.56 Å². The topological polar surface area (TPSA) is 97.8 Å². The van der Waals surface area contributed by atoms with E-state index in [4.69, 9.17) is 9.47 Å². The summed E-state index contributed by atoms with van der Waals surface area (Å²) in [5.74, 6) is 0.974. The molecule has 10 heteroatoms. The van der Waals surface area contributed by atoms with Crippen molar-refractivity contribution in [1.29, 1.82) is 0 Å². The lowest BCUT2D eigenvalue weighted by Gasteiger charge is -2.10. The lowest BCUT2D eigenvalue weighted by atomic mass is 10.2. The minimum atomic E-state index is -3.53. The molecule has 2 aromatic carbocycles. The van der Waals surface area contributed by atoms with E-state index in [1.807, 2.05) is 6.07 Å². The lowest BCUT2D eigenvalue weighted by molar-refractivity contribution is -0.111. The van der Waals surface area contributed by atoms with Crippen LogP contribution >= 0.6 is 11.3 Å². The second kappa shape index (κ2) is 7.47. The molecule has 0 saturated heterocycles. The van der Waals surface area contributed by atoms with Gasteiger partial charge in [-0.1, -0.05) is 17.4 Å². The number of benzene rings is 2. The highest BCUT2D eigenvalue weighted by Gasteiger charge is 2.18. The van der Waals surface area contributed by atoms with Crippen LogP contribution in [0.4, 0.5) is 5.13 Å². The van der Waals surface area contributed by atoms with Crippen molar-refractivity contribution in [2.45, 2.75) is 4.90 Å². The number of hydrogen-bond donors (Lipinski definition) is 1. The van der Waals surface area contributed by atoms with Gasteiger partial charge in [-0.3, -0.25) is 10.1 Å². The van der Waals surface area contributed by atoms with Gasteiger partial charge in [0.15, 0.2) is 16.6 Å². The second-order valence-corrected chi connectivity index (χ2v) is 9.55. The van der Waals surface area contributed by atoms with Gasteiger partial charge in [0.1, 0.15) is 0 Å². The molecule has 1 aliphatic rings. The minimum absolute atomic E-state index is 0.180. The van der Waals surface area contributed by atoms with Crippen LogP contribution in [0.15, 0.2) is 47.4 Å². The molecule has 0 atom stereocenters. The van der Waals surface area contributed by atoms with E-state index in [1.165, 1.54) is 37.6 Å². The summed E-state index contributed by atoms with van der Waals surface area (Å²) in [4.78, 5) is 16.7. The molecule has 4 rings (SSSR count). The number of hydrogen-bond acceptors (Lipinski definition) is 7. The van der Waals surface area contributed by atoms with E-state index < -0.39 is 10.0 Å². The molecular weight excluding hydrogens is 414 g/mol. The molecule has 0 radical (unpaired) electrons. The summed E-state index contributed by atoms with van der Waals surface area (Å²) in [5.41, 5.74) is 1.41. The van der Waals surface area contributed by atoms with Crippen LogP contribution in [-0.4, -0.2) is 44.5 Å². The van der Waals surface area contributed by atoms with Gasteiger partial charge in [0.2, 0.25) is 22.7 Å². The molecule has 0 spiro atoms. The molecule has 29 heavy (non-hydrogen) atoms. The Morgan fingerprint density at radius 2 is 1.97 bits per heavy atom. The third kappa shape index (κ3) is 3.95. The third-order valence-corrected chi connectivity index (χ3v) is 6.94. The minimum Gasteiger partial charge on any atom is -0.454 e. The predicted molar refractivity (Wildman–Crippen MR) is 111 cm³/mol. The first-order valence-electron chi connectivity index (χ1n) is 8.55. The van der Waals surface area contributed by atoms with Crippen LogP contribution in [0, 0.1) is 0 Å². The van der Waals surface area contributed by atoms with Gasteiger partial charge in [0, 0.05) is 20.2 Å². The average Bonchev–Trinajstić information content (AvgIpc) is 3.31. The maximum Gasteiger partial charge on any atom is 0.250 e. The maximum absolute atomic E-state index is 12.3. The second-order valence-electron chi connectivity index (χ2n) is 6.37. The number of carbonyl (C=O) groups is 1. The standard InChI is InChI=1S/C19H17N3O5S2/c1-22(2)29(24,25)13-5-6-14-17(10-13)28-19(20-14)21-18(23)8-4-12-3-7-15-16(9-12)27-11-26-15/h3-10H,11H2,1-2H3,(H,20,21,23). The number of rotatable bonds is 5. The lowest BCUT2D eigenvalue weighted by Crippen LogP contribution is -2.22. The molecule has 3 aromatic rings. The molecule has 2 heterocycles. The van der Waals surface area contributed by atoms with Crippen molar-refractivity contribution in [2.24, 2.45) is 0 Å². The Kier molecular flexibility index (Phi) is 4.99. The molecule has 0 fully saturated rings. The summed E-state index contributed by atoms with van der Waals surface area (Å²) in [6, 6.07) is 10.1. The van der Waals surface area contributed by atoms with Crippen LogP contribution in [0.3, 0.4) is 0 Å². The summed E-state index contributed by atoms with van der Waals surface area (Å²) < 4.78 is 36.9. The Bertz CT molecular complexity index is 1230. The molecule has 0 aliphatic carbocycles. The highest BCUT2D eigenvalue weighted by molar-refractivity contribution is 7.89. The zero-order valence-electron chi connectivity index (χ0n) is 15.6. The Labute approximate surface area is 171 Å². The number of amides is 1. The first-order chi connectivity index (χ1) is 13.8. The van der Waals surface area contributed by atoms with Gasteiger partial charge in [-0.05, 0) is 42.0 Å². The van der Waals surface area contributed by atoms with Gasteiger partial charge >= 0.3 is 0 Å². The zero-order chi connectivity index (χ0) is 20.6. The van der Waals surface area contributed by atoms with Crippen molar-refractivity contribution in [3.63, 3.8) is 0 Å². The summed E-state index contributed by atoms with van der Waals surface area (Å²) in [5, 5.41) is 3.09. The quantitative estimate of drug-likeness (QED) is 0.624. The van der Waals surface area contributed by atoms with Crippen LogP contribution in [0.25, 0.3) is 16.3 Å². The van der Waals surface area contributed by atoms with E-state index in [0.717, 1.165) is 9.87 Å². The summed E-state index contributed by atoms with van der Waals surface area (Å²) >= 11 is 1.21. The van der Waals surface area contributed by atoms with Gasteiger partial charge in [-0.2, -0.15) is 0 Å². The first-order valence-corrected chi connectivity index (χ1v) is 10.8. The number of thiazole rings is 1. The number of anilines is 1. The molecule has 8 nitrogen and oxygen atoms in total. The van der Waals surface area contributed by atoms with Crippen LogP contribution in [0.5, 0.6) is 11.5 Å². The van der Waals surface area contributed by atoms with Crippen molar-refractivity contribution in [3.8, 4) is 11.5 Å². The van der Waals surface area contributed by atoms with Crippen LogP contribution in [0.2, 0.25) is 0 Å². The van der Waals surface area contributed by atoms with Crippen molar-refractivity contribution in [3.05, 3.63) is 48.0 Å². The number of ether oxygens (including phenoxy) is 2. The monoisotopic (exact) mass is 431 g/mol. The van der Waals surface area contributed by atoms with Gasteiger partial charge in [-0.25, -0.2) is 17.7 Å². The van der Waals surface area contributed by atoms with E-state index in [9.17, 15) is 13.2 Å². The van der Waals surface area contributed by atoms with Crippen LogP contribution in [-0.2, 0) is 14.8 Å². The average molecular weight is 431 g/mol. The molecule has 1 aliphatic heterocycles. The fourth-order valence-corrected chi connectivity index (χ4v) is 4.58. The van der Waals surface area contributed by atoms with Gasteiger partial charge in [0.05, 0.1) is 15.1 Å². The Hall–Kier alpha value is -2.95. The Balaban J connectivity index is 1.49. The molecular formula is C19H17N3O5S2. The highest BCUT2D eigenvalue weighted by Crippen LogP contribution is 2.33. The van der Waals surface area contributed by atoms with Gasteiger partial charge in [0.25, 0.3) is 0 Å². The SMILES string of the molecule is CN(C)S(=O)(=O)c1ccc2nc(NC(=O)C=Cc3ccc4c(c3)OCO4)sc2c1. The van der Waals surface area contributed by atoms with Crippen molar-refractivity contribution in [2.75, 3.05) is 26.2 Å². The number of aromatic nitrogens is 1. The van der Waals surface area contributed by atoms with Crippen LogP contribution < -0.4 is 14.8 Å². The van der Waals surface area contributed by atoms with Gasteiger partial charge < -0.3 is 9.47 Å². The summed E-state index contributed by atoms with van der Waals surface area (Å²) in [7, 11) is -0.578. The molecule has 0 saturated carbocycles. The third-order valence-electron chi connectivity index (χ3n) is 4.19. The van der Waals surface area contributed by atoms with Crippen molar-refractivity contribution >= 4 is 48.7 Å². The van der Waals surface area contributed by atoms with E-state index in [0.29, 0.717) is 26.8 Å². The number of fused-ring (bicyclic) bond motifs is 2. The number of sulfonamides is 1. The molecule has 0 bridgehead atoms. The Morgan fingerprint density at radius 3 is 2.76 bits per heavy atom. The van der Waals surface area contributed by atoms with E-state index in [2.05, 4.69) is 10.3 Å². The van der Waals surface area contributed by atoms with Crippen molar-refractivity contribution in [1.82, 2.24) is 9.29 Å². The summed E-state index contributed by atoms with van der Waals surface area (Å²) in [6.07, 6.45) is 3.05. The molecule has 1 N–H and O–H groups in total. The zero-order valence-corrected chi connectivity index (χ0v) is 17.2. The normalized spacial score (nSPS) is 13.5. The smallest absolute Gasteiger partial charge is 0.250 e. The predicted octanol–water partition coefficient (Wildman–Crippen LogP) is 2.93.